The summed E-state index contributed by atoms with van der Waals surface area (Å²) in [5, 5.41) is 3.45. The predicted octanol–water partition coefficient (Wildman–Crippen LogP) is 3.43. The van der Waals surface area contributed by atoms with Gasteiger partial charge in [0.05, 0.1) is 17.5 Å². The van der Waals surface area contributed by atoms with Crippen LogP contribution in [0.2, 0.25) is 5.02 Å². The van der Waals surface area contributed by atoms with Crippen molar-refractivity contribution in [1.82, 2.24) is 9.62 Å². The molecule has 0 aromatic heterocycles. The molecule has 1 atom stereocenters. The summed E-state index contributed by atoms with van der Waals surface area (Å²) in [5.41, 5.74) is 1.32. The van der Waals surface area contributed by atoms with Gasteiger partial charge in [0, 0.05) is 17.6 Å². The van der Waals surface area contributed by atoms with Gasteiger partial charge in [0.1, 0.15) is 0 Å². The van der Waals surface area contributed by atoms with Gasteiger partial charge in [-0.1, -0.05) is 42.8 Å². The summed E-state index contributed by atoms with van der Waals surface area (Å²) in [5.74, 6) is -0.558. The minimum absolute atomic E-state index is 0.0255. The van der Waals surface area contributed by atoms with E-state index in [0.717, 1.165) is 9.87 Å². The monoisotopic (exact) mass is 422 g/mol. The molecule has 28 heavy (non-hydrogen) atoms. The van der Waals surface area contributed by atoms with Gasteiger partial charge < -0.3 is 5.32 Å². The number of carbonyl (C=O) groups excluding carboxylic acids is 2. The molecule has 0 saturated carbocycles. The number of nitrogens with one attached hydrogen (secondary N) is 1. The number of nitrogens with zero attached hydrogens (tertiary/aromatic N) is 1. The van der Waals surface area contributed by atoms with Gasteiger partial charge in [0.2, 0.25) is 15.9 Å². The van der Waals surface area contributed by atoms with Crippen LogP contribution in [0.4, 0.5) is 0 Å². The van der Waals surface area contributed by atoms with Crippen molar-refractivity contribution in [2.24, 2.45) is 0 Å². The van der Waals surface area contributed by atoms with Crippen LogP contribution in [0.3, 0.4) is 0 Å². The summed E-state index contributed by atoms with van der Waals surface area (Å²) in [6.45, 7) is 3.02. The van der Waals surface area contributed by atoms with Crippen molar-refractivity contribution < 1.29 is 18.0 Å². The van der Waals surface area contributed by atoms with Gasteiger partial charge in [-0.15, -0.1) is 0 Å². The summed E-state index contributed by atoms with van der Waals surface area (Å²) in [6, 6.07) is 12.5. The van der Waals surface area contributed by atoms with Crippen LogP contribution in [0.1, 0.15) is 42.2 Å². The Bertz CT molecular complexity index is 941. The first-order valence-electron chi connectivity index (χ1n) is 8.77. The van der Waals surface area contributed by atoms with Crippen molar-refractivity contribution >= 4 is 33.3 Å². The fourth-order valence-electron chi connectivity index (χ4n) is 2.68. The Labute approximate surface area is 170 Å². The van der Waals surface area contributed by atoms with Crippen LogP contribution in [-0.2, 0) is 14.8 Å². The van der Waals surface area contributed by atoms with Crippen molar-refractivity contribution in [3.05, 3.63) is 64.7 Å². The molecule has 0 aliphatic carbocycles. The first-order valence-corrected chi connectivity index (χ1v) is 10.6. The SMILES string of the molecule is CC[C@@H](NC(=O)CN(C)S(=O)(=O)c1ccc(C(C)=O)cc1)c1ccc(Cl)cc1. The van der Waals surface area contributed by atoms with Gasteiger partial charge in [-0.25, -0.2) is 8.42 Å². The molecule has 1 N–H and O–H groups in total. The number of likely N-dealkylation sites (N-methyl/N-ethyl adjacent to an activating group) is 1. The van der Waals surface area contributed by atoms with E-state index in [1.807, 2.05) is 19.1 Å². The minimum Gasteiger partial charge on any atom is -0.348 e. The Balaban J connectivity index is 2.07. The zero-order chi connectivity index (χ0) is 20.9. The second-order valence-electron chi connectivity index (χ2n) is 6.42. The quantitative estimate of drug-likeness (QED) is 0.660. The number of rotatable bonds is 8. The molecule has 150 valence electrons. The maximum atomic E-state index is 12.7. The smallest absolute Gasteiger partial charge is 0.243 e. The molecule has 0 heterocycles. The highest BCUT2D eigenvalue weighted by Crippen LogP contribution is 2.20. The standard InChI is InChI=1S/C20H23ClN2O4S/c1-4-19(16-5-9-17(21)10-6-16)22-20(25)13-23(3)28(26,27)18-11-7-15(8-12-18)14(2)24/h5-12,19H,4,13H2,1-3H3,(H,22,25)/t19-/m1/s1. The normalized spacial score (nSPS) is 12.6. The van der Waals surface area contributed by atoms with Gasteiger partial charge in [-0.05, 0) is 43.2 Å². The lowest BCUT2D eigenvalue weighted by molar-refractivity contribution is -0.121. The lowest BCUT2D eigenvalue weighted by atomic mass is 10.0. The second kappa shape index (κ2) is 9.32. The van der Waals surface area contributed by atoms with E-state index < -0.39 is 15.9 Å². The van der Waals surface area contributed by atoms with Gasteiger partial charge in [-0.3, -0.25) is 9.59 Å². The second-order valence-corrected chi connectivity index (χ2v) is 8.90. The number of amides is 1. The Kier molecular flexibility index (Phi) is 7.35. The first kappa shape index (κ1) is 22.1. The van der Waals surface area contributed by atoms with Crippen LogP contribution in [-0.4, -0.2) is 38.0 Å². The summed E-state index contributed by atoms with van der Waals surface area (Å²) >= 11 is 5.89. The number of sulfonamides is 1. The molecular formula is C20H23ClN2O4S. The molecule has 2 rings (SSSR count). The zero-order valence-electron chi connectivity index (χ0n) is 16.0. The largest absolute Gasteiger partial charge is 0.348 e. The highest BCUT2D eigenvalue weighted by atomic mass is 35.5. The van der Waals surface area contributed by atoms with E-state index in [1.54, 1.807) is 12.1 Å². The van der Waals surface area contributed by atoms with E-state index in [4.69, 9.17) is 11.6 Å². The van der Waals surface area contributed by atoms with Crippen molar-refractivity contribution in [3.63, 3.8) is 0 Å². The Morgan fingerprint density at radius 1 is 1.07 bits per heavy atom. The fraction of sp³-hybridized carbons (Fsp3) is 0.300. The third-order valence-electron chi connectivity index (χ3n) is 4.35. The number of benzene rings is 2. The Morgan fingerprint density at radius 3 is 2.14 bits per heavy atom. The molecule has 0 aliphatic heterocycles. The van der Waals surface area contributed by atoms with E-state index in [-0.39, 0.29) is 23.3 Å². The average molecular weight is 423 g/mol. The maximum Gasteiger partial charge on any atom is 0.243 e. The number of ketones is 1. The first-order chi connectivity index (χ1) is 13.1. The molecule has 1 amide bonds. The molecule has 0 radical (unpaired) electrons. The van der Waals surface area contributed by atoms with Crippen molar-refractivity contribution in [1.29, 1.82) is 0 Å². The zero-order valence-corrected chi connectivity index (χ0v) is 17.5. The highest BCUT2D eigenvalue weighted by Gasteiger charge is 2.24. The highest BCUT2D eigenvalue weighted by molar-refractivity contribution is 7.89. The Hall–Kier alpha value is -2.22. The van der Waals surface area contributed by atoms with E-state index in [1.165, 1.54) is 38.2 Å². The molecule has 0 bridgehead atoms. The molecule has 0 aliphatic rings. The molecule has 0 saturated heterocycles. The predicted molar refractivity (Wildman–Crippen MR) is 109 cm³/mol. The number of hydrogen-bond acceptors (Lipinski definition) is 4. The Morgan fingerprint density at radius 2 is 1.64 bits per heavy atom. The minimum atomic E-state index is -3.85. The van der Waals surface area contributed by atoms with Crippen LogP contribution >= 0.6 is 11.6 Å². The van der Waals surface area contributed by atoms with Crippen molar-refractivity contribution in [2.45, 2.75) is 31.2 Å². The molecule has 0 unspecified atom stereocenters. The van der Waals surface area contributed by atoms with Crippen LogP contribution in [0, 0.1) is 0 Å². The number of carbonyl (C=O) groups is 2. The third kappa shape index (κ3) is 5.41. The summed E-state index contributed by atoms with van der Waals surface area (Å²) in [7, 11) is -2.50. The topological polar surface area (TPSA) is 83.6 Å². The fourth-order valence-corrected chi connectivity index (χ4v) is 3.94. The van der Waals surface area contributed by atoms with E-state index in [9.17, 15) is 18.0 Å². The van der Waals surface area contributed by atoms with E-state index >= 15 is 0 Å². The maximum absolute atomic E-state index is 12.7. The molecule has 6 nitrogen and oxygen atoms in total. The lowest BCUT2D eigenvalue weighted by Crippen LogP contribution is -2.39. The summed E-state index contributed by atoms with van der Waals surface area (Å²) in [6.07, 6.45) is 0.649. The average Bonchev–Trinajstić information content (AvgIpc) is 2.66. The van der Waals surface area contributed by atoms with Crippen LogP contribution in [0.15, 0.2) is 53.4 Å². The van der Waals surface area contributed by atoms with Crippen LogP contribution in [0.5, 0.6) is 0 Å². The van der Waals surface area contributed by atoms with Crippen molar-refractivity contribution in [3.8, 4) is 0 Å². The van der Waals surface area contributed by atoms with Gasteiger partial charge in [-0.2, -0.15) is 4.31 Å². The van der Waals surface area contributed by atoms with E-state index in [0.29, 0.717) is 17.0 Å². The van der Waals surface area contributed by atoms with Gasteiger partial charge >= 0.3 is 0 Å². The van der Waals surface area contributed by atoms with Gasteiger partial charge in [0.15, 0.2) is 5.78 Å². The molecule has 0 fully saturated rings. The summed E-state index contributed by atoms with van der Waals surface area (Å²) in [4.78, 5) is 23.8. The van der Waals surface area contributed by atoms with Gasteiger partial charge in [0.25, 0.3) is 0 Å². The van der Waals surface area contributed by atoms with Crippen LogP contribution < -0.4 is 5.32 Å². The molecule has 2 aromatic carbocycles. The molecule has 2 aromatic rings. The van der Waals surface area contributed by atoms with E-state index in [2.05, 4.69) is 5.32 Å². The summed E-state index contributed by atoms with van der Waals surface area (Å²) < 4.78 is 26.3. The molecular weight excluding hydrogens is 400 g/mol. The molecule has 8 heteroatoms. The number of Topliss-reactive ketones (excluding diaryl/α,β-unsaturated/α-hetero) is 1. The lowest BCUT2D eigenvalue weighted by Gasteiger charge is -2.21. The number of halogens is 1. The third-order valence-corrected chi connectivity index (χ3v) is 6.42. The van der Waals surface area contributed by atoms with Crippen molar-refractivity contribution in [2.75, 3.05) is 13.6 Å². The number of hydrogen-bond donors (Lipinski definition) is 1. The van der Waals surface area contributed by atoms with Crippen LogP contribution in [0.25, 0.3) is 0 Å². The molecule has 0 spiro atoms.